The normalized spacial score (nSPS) is 26.7. The molecule has 1 aliphatic carbocycles. The van der Waals surface area contributed by atoms with Gasteiger partial charge in [-0.15, -0.1) is 0 Å². The quantitative estimate of drug-likeness (QED) is 0.862. The average molecular weight is 285 g/mol. The molecule has 1 heterocycles. The zero-order chi connectivity index (χ0) is 14.0. The Bertz CT molecular complexity index is 400. The molecule has 4 nitrogen and oxygen atoms in total. The summed E-state index contributed by atoms with van der Waals surface area (Å²) in [5, 5.41) is 2.99. The highest BCUT2D eigenvalue weighted by Crippen LogP contribution is 2.35. The van der Waals surface area contributed by atoms with Gasteiger partial charge in [0, 0.05) is 12.1 Å². The van der Waals surface area contributed by atoms with Crippen molar-refractivity contribution in [3.63, 3.8) is 0 Å². The lowest BCUT2D eigenvalue weighted by Crippen LogP contribution is -2.70. The fourth-order valence-electron chi connectivity index (χ4n) is 3.24. The van der Waals surface area contributed by atoms with Crippen LogP contribution in [0, 0.1) is 5.92 Å². The van der Waals surface area contributed by atoms with E-state index in [1.165, 1.54) is 5.54 Å². The Morgan fingerprint density at radius 1 is 1.42 bits per heavy atom. The van der Waals surface area contributed by atoms with Crippen molar-refractivity contribution in [3.05, 3.63) is 11.6 Å². The van der Waals surface area contributed by atoms with Gasteiger partial charge in [-0.3, -0.25) is 9.59 Å². The van der Waals surface area contributed by atoms with Gasteiger partial charge in [0.1, 0.15) is 11.6 Å². The maximum atomic E-state index is 12.8. The monoisotopic (exact) mass is 284 g/mol. The third-order valence-corrected chi connectivity index (χ3v) is 4.30. The molecule has 0 aromatic rings. The largest absolute Gasteiger partial charge is 0.340 e. The summed E-state index contributed by atoms with van der Waals surface area (Å²) in [6, 6.07) is -0.397. The molecule has 0 aromatic carbocycles. The van der Waals surface area contributed by atoms with Crippen LogP contribution in [0.3, 0.4) is 0 Å². The summed E-state index contributed by atoms with van der Waals surface area (Å²) in [4.78, 5) is 26.8. The van der Waals surface area contributed by atoms with Crippen LogP contribution in [-0.4, -0.2) is 34.8 Å². The van der Waals surface area contributed by atoms with Crippen LogP contribution in [0.5, 0.6) is 0 Å². The summed E-state index contributed by atoms with van der Waals surface area (Å²) in [5.41, 5.74) is 0.751. The minimum absolute atomic E-state index is 0.0283. The fourth-order valence-corrected chi connectivity index (χ4v) is 3.32. The van der Waals surface area contributed by atoms with Gasteiger partial charge in [-0.05, 0) is 18.8 Å². The second-order valence-corrected chi connectivity index (χ2v) is 6.04. The molecule has 19 heavy (non-hydrogen) atoms. The van der Waals surface area contributed by atoms with Crippen LogP contribution in [0.25, 0.3) is 0 Å². The molecule has 5 heteroatoms. The molecule has 2 amide bonds. The Kier molecular flexibility index (Phi) is 4.19. The molecule has 0 aromatic heterocycles. The van der Waals surface area contributed by atoms with Crippen molar-refractivity contribution in [1.82, 2.24) is 10.2 Å². The molecule has 1 unspecified atom stereocenters. The van der Waals surface area contributed by atoms with Crippen molar-refractivity contribution in [3.8, 4) is 0 Å². The third kappa shape index (κ3) is 2.50. The molecule has 0 bridgehead atoms. The predicted octanol–water partition coefficient (Wildman–Crippen LogP) is 2.03. The smallest absolute Gasteiger partial charge is 0.249 e. The number of nitrogens with one attached hydrogen (secondary N) is 1. The first-order valence-corrected chi connectivity index (χ1v) is 7.34. The highest BCUT2D eigenvalue weighted by atomic mass is 35.5. The van der Waals surface area contributed by atoms with Crippen LogP contribution in [-0.2, 0) is 9.59 Å². The van der Waals surface area contributed by atoms with Gasteiger partial charge in [0.25, 0.3) is 0 Å². The SMILES string of the molecule is CC(C)C1C(=O)NC2(CCCC2)C(=O)N1C/C=C/Cl. The van der Waals surface area contributed by atoms with Crippen LogP contribution < -0.4 is 5.32 Å². The molecule has 1 atom stereocenters. The van der Waals surface area contributed by atoms with Crippen molar-refractivity contribution < 1.29 is 9.59 Å². The van der Waals surface area contributed by atoms with E-state index in [9.17, 15) is 9.59 Å². The van der Waals surface area contributed by atoms with E-state index in [4.69, 9.17) is 11.6 Å². The molecule has 2 fully saturated rings. The molecule has 2 aliphatic rings. The average Bonchev–Trinajstić information content (AvgIpc) is 2.80. The van der Waals surface area contributed by atoms with E-state index in [1.54, 1.807) is 11.0 Å². The maximum Gasteiger partial charge on any atom is 0.249 e. The fraction of sp³-hybridized carbons (Fsp3) is 0.714. The Labute approximate surface area is 119 Å². The van der Waals surface area contributed by atoms with Gasteiger partial charge in [-0.25, -0.2) is 0 Å². The van der Waals surface area contributed by atoms with Crippen LogP contribution >= 0.6 is 11.6 Å². The molecular formula is C14H21ClN2O2. The van der Waals surface area contributed by atoms with Crippen LogP contribution in [0.15, 0.2) is 11.6 Å². The van der Waals surface area contributed by atoms with Gasteiger partial charge in [-0.2, -0.15) is 0 Å². The van der Waals surface area contributed by atoms with Crippen LogP contribution in [0.2, 0.25) is 0 Å². The summed E-state index contributed by atoms with van der Waals surface area (Å²) < 4.78 is 0. The van der Waals surface area contributed by atoms with E-state index in [0.717, 1.165) is 25.7 Å². The topological polar surface area (TPSA) is 49.4 Å². The molecular weight excluding hydrogens is 264 g/mol. The number of carbonyl (C=O) groups excluding carboxylic acids is 2. The number of hydrogen-bond donors (Lipinski definition) is 1. The number of hydrogen-bond acceptors (Lipinski definition) is 2. The lowest BCUT2D eigenvalue weighted by molar-refractivity contribution is -0.155. The van der Waals surface area contributed by atoms with E-state index in [0.29, 0.717) is 6.54 Å². The number of carbonyl (C=O) groups is 2. The molecule has 106 valence electrons. The van der Waals surface area contributed by atoms with Gasteiger partial charge in [-0.1, -0.05) is 44.4 Å². The first-order valence-electron chi connectivity index (χ1n) is 6.90. The van der Waals surface area contributed by atoms with E-state index in [1.807, 2.05) is 13.8 Å². The molecule has 1 spiro atoms. The summed E-state index contributed by atoms with van der Waals surface area (Å²) in [6.45, 7) is 4.32. The second kappa shape index (κ2) is 5.53. The summed E-state index contributed by atoms with van der Waals surface area (Å²) in [5.74, 6) is 0.115. The van der Waals surface area contributed by atoms with Crippen molar-refractivity contribution >= 4 is 23.4 Å². The van der Waals surface area contributed by atoms with Crippen LogP contribution in [0.1, 0.15) is 39.5 Å². The Morgan fingerprint density at radius 2 is 2.05 bits per heavy atom. The van der Waals surface area contributed by atoms with Crippen molar-refractivity contribution in [1.29, 1.82) is 0 Å². The second-order valence-electron chi connectivity index (χ2n) is 5.79. The highest BCUT2D eigenvalue weighted by molar-refractivity contribution is 6.25. The summed E-state index contributed by atoms with van der Waals surface area (Å²) >= 11 is 5.56. The molecule has 0 radical (unpaired) electrons. The van der Waals surface area contributed by atoms with E-state index in [2.05, 4.69) is 5.32 Å². The van der Waals surface area contributed by atoms with E-state index < -0.39 is 11.6 Å². The molecule has 1 saturated carbocycles. The van der Waals surface area contributed by atoms with Crippen LogP contribution in [0.4, 0.5) is 0 Å². The zero-order valence-corrected chi connectivity index (χ0v) is 12.2. The standard InChI is InChI=1S/C14H21ClN2O2/c1-10(2)11-12(18)16-14(6-3-4-7-14)13(19)17(11)9-5-8-15/h5,8,10-11H,3-4,6-7,9H2,1-2H3,(H,16,18)/b8-5+. The van der Waals surface area contributed by atoms with E-state index in [-0.39, 0.29) is 17.7 Å². The minimum atomic E-state index is -0.650. The van der Waals surface area contributed by atoms with Gasteiger partial charge in [0.2, 0.25) is 11.8 Å². The van der Waals surface area contributed by atoms with Gasteiger partial charge in [0.05, 0.1) is 0 Å². The van der Waals surface area contributed by atoms with Gasteiger partial charge in [0.15, 0.2) is 0 Å². The van der Waals surface area contributed by atoms with E-state index >= 15 is 0 Å². The minimum Gasteiger partial charge on any atom is -0.340 e. The molecule has 1 aliphatic heterocycles. The Balaban J connectivity index is 2.30. The van der Waals surface area contributed by atoms with Gasteiger partial charge >= 0.3 is 0 Å². The summed E-state index contributed by atoms with van der Waals surface area (Å²) in [7, 11) is 0. The predicted molar refractivity (Wildman–Crippen MR) is 74.7 cm³/mol. The van der Waals surface area contributed by atoms with Crippen molar-refractivity contribution in [2.45, 2.75) is 51.1 Å². The number of rotatable bonds is 3. The third-order valence-electron chi connectivity index (χ3n) is 4.12. The van der Waals surface area contributed by atoms with Gasteiger partial charge < -0.3 is 10.2 Å². The Hall–Kier alpha value is -1.03. The lowest BCUT2D eigenvalue weighted by Gasteiger charge is -2.45. The first-order chi connectivity index (χ1) is 9.02. The zero-order valence-electron chi connectivity index (χ0n) is 11.5. The number of nitrogens with zero attached hydrogens (tertiary/aromatic N) is 1. The summed E-state index contributed by atoms with van der Waals surface area (Å²) in [6.07, 6.45) is 5.22. The molecule has 2 rings (SSSR count). The molecule has 1 saturated heterocycles. The lowest BCUT2D eigenvalue weighted by atomic mass is 9.87. The number of halogens is 1. The highest BCUT2D eigenvalue weighted by Gasteiger charge is 2.52. The van der Waals surface area contributed by atoms with Crippen molar-refractivity contribution in [2.75, 3.05) is 6.54 Å². The number of amides is 2. The first kappa shape index (κ1) is 14.4. The Morgan fingerprint density at radius 3 is 2.58 bits per heavy atom. The van der Waals surface area contributed by atoms with Crippen molar-refractivity contribution in [2.24, 2.45) is 5.92 Å². The maximum absolute atomic E-state index is 12.8. The molecule has 1 N–H and O–H groups in total. The number of piperazine rings is 1.